The third-order valence-corrected chi connectivity index (χ3v) is 6.00. The Morgan fingerprint density at radius 3 is 2.56 bits per heavy atom. The molecule has 0 saturated heterocycles. The van der Waals surface area contributed by atoms with Gasteiger partial charge in [0, 0.05) is 0 Å². The van der Waals surface area contributed by atoms with Gasteiger partial charge in [0.25, 0.3) is 0 Å². The monoisotopic (exact) mass is 427 g/mol. The first kappa shape index (κ1) is 19.1. The van der Waals surface area contributed by atoms with E-state index < -0.39 is 0 Å². The van der Waals surface area contributed by atoms with Gasteiger partial charge in [-0.15, -0.1) is 0 Å². The number of amides is 2. The molecule has 0 saturated carbocycles. The van der Waals surface area contributed by atoms with Crippen molar-refractivity contribution in [1.29, 1.82) is 0 Å². The van der Waals surface area contributed by atoms with Gasteiger partial charge < -0.3 is 0 Å². The first-order valence-electron chi connectivity index (χ1n) is 8.69. The van der Waals surface area contributed by atoms with Gasteiger partial charge in [-0.3, -0.25) is 0 Å². The van der Waals surface area contributed by atoms with E-state index in [1.165, 1.54) is 0 Å². The van der Waals surface area contributed by atoms with E-state index >= 15 is 0 Å². The molecule has 138 valence electrons. The van der Waals surface area contributed by atoms with Crippen LogP contribution in [0.15, 0.2) is 54.7 Å². The fourth-order valence-electron chi connectivity index (χ4n) is 2.66. The maximum atomic E-state index is 12.4. The van der Waals surface area contributed by atoms with Crippen LogP contribution in [0.1, 0.15) is 32.3 Å². The molecule has 0 bridgehead atoms. The van der Waals surface area contributed by atoms with Crippen LogP contribution in [0.4, 0.5) is 10.4 Å². The molecule has 0 fully saturated rings. The number of carbonyl (C=O) groups excluding carboxylic acids is 2. The second kappa shape index (κ2) is 8.80. The molecular formula is C21H21N3O2Se. The van der Waals surface area contributed by atoms with Crippen molar-refractivity contribution >= 4 is 36.7 Å². The van der Waals surface area contributed by atoms with E-state index in [9.17, 15) is 9.59 Å². The fourth-order valence-corrected chi connectivity index (χ4v) is 4.19. The van der Waals surface area contributed by atoms with Gasteiger partial charge in [0.15, 0.2) is 0 Å². The van der Waals surface area contributed by atoms with Crippen LogP contribution in [0.3, 0.4) is 0 Å². The Balaban J connectivity index is 1.55. The summed E-state index contributed by atoms with van der Waals surface area (Å²) in [5, 5.41) is 5.75. The molecule has 0 atom stereocenters. The topological polar surface area (TPSA) is 71.1 Å². The summed E-state index contributed by atoms with van der Waals surface area (Å²) in [7, 11) is 0. The van der Waals surface area contributed by atoms with Crippen molar-refractivity contribution in [2.24, 2.45) is 0 Å². The third-order valence-electron chi connectivity index (χ3n) is 4.09. The van der Waals surface area contributed by atoms with Crippen LogP contribution >= 0.6 is 0 Å². The van der Waals surface area contributed by atoms with E-state index in [1.54, 1.807) is 6.20 Å². The van der Waals surface area contributed by atoms with Crippen molar-refractivity contribution in [3.05, 3.63) is 75.9 Å². The SMILES string of the molecule is Cc1ccc(NC(=O)c2cnc(NC(=O)CCc3ccccc3)[se]2)c(C)c1. The molecule has 1 heterocycles. The molecule has 1 aromatic heterocycles. The van der Waals surface area contributed by atoms with Crippen LogP contribution in [-0.4, -0.2) is 31.3 Å². The molecule has 3 aromatic rings. The summed E-state index contributed by atoms with van der Waals surface area (Å²) >= 11 is -0.301. The fraction of sp³-hybridized carbons (Fsp3) is 0.190. The molecule has 0 radical (unpaired) electrons. The van der Waals surface area contributed by atoms with Gasteiger partial charge in [0.05, 0.1) is 0 Å². The van der Waals surface area contributed by atoms with E-state index in [0.29, 0.717) is 22.0 Å². The predicted molar refractivity (Wildman–Crippen MR) is 108 cm³/mol. The zero-order valence-corrected chi connectivity index (χ0v) is 17.0. The summed E-state index contributed by atoms with van der Waals surface area (Å²) in [5.74, 6) is -0.247. The molecule has 0 unspecified atom stereocenters. The van der Waals surface area contributed by atoms with Crippen molar-refractivity contribution in [1.82, 2.24) is 4.98 Å². The average Bonchev–Trinajstić information content (AvgIpc) is 3.12. The first-order chi connectivity index (χ1) is 13.0. The van der Waals surface area contributed by atoms with Crippen LogP contribution < -0.4 is 10.6 Å². The molecule has 0 aliphatic heterocycles. The van der Waals surface area contributed by atoms with E-state index in [2.05, 4.69) is 15.6 Å². The maximum absolute atomic E-state index is 12.4. The summed E-state index contributed by atoms with van der Waals surface area (Å²) in [5.41, 5.74) is 4.09. The summed E-state index contributed by atoms with van der Waals surface area (Å²) in [4.78, 5) is 28.8. The molecule has 0 aliphatic rings. The Labute approximate surface area is 164 Å². The van der Waals surface area contributed by atoms with Crippen molar-refractivity contribution in [3.8, 4) is 0 Å². The molecule has 0 aliphatic carbocycles. The second-order valence-electron chi connectivity index (χ2n) is 6.34. The van der Waals surface area contributed by atoms with Gasteiger partial charge in [0.1, 0.15) is 0 Å². The van der Waals surface area contributed by atoms with Crippen molar-refractivity contribution < 1.29 is 9.59 Å². The summed E-state index contributed by atoms with van der Waals surface area (Å²) in [6, 6.07) is 15.8. The van der Waals surface area contributed by atoms with Crippen LogP contribution in [0.5, 0.6) is 0 Å². The summed E-state index contributed by atoms with van der Waals surface area (Å²) in [6.07, 6.45) is 2.62. The van der Waals surface area contributed by atoms with Crippen molar-refractivity contribution in [3.63, 3.8) is 0 Å². The van der Waals surface area contributed by atoms with Gasteiger partial charge in [0.2, 0.25) is 0 Å². The van der Waals surface area contributed by atoms with Gasteiger partial charge in [-0.05, 0) is 0 Å². The Kier molecular flexibility index (Phi) is 6.22. The van der Waals surface area contributed by atoms with Gasteiger partial charge in [-0.1, -0.05) is 0 Å². The minimum absolute atomic E-state index is 0.0797. The number of aryl methyl sites for hydroxylation is 3. The normalized spacial score (nSPS) is 10.4. The van der Waals surface area contributed by atoms with Gasteiger partial charge in [-0.25, -0.2) is 0 Å². The number of anilines is 2. The van der Waals surface area contributed by atoms with E-state index in [0.717, 1.165) is 22.4 Å². The van der Waals surface area contributed by atoms with E-state index in [1.807, 2.05) is 62.4 Å². The van der Waals surface area contributed by atoms with E-state index in [-0.39, 0.29) is 26.3 Å². The Hall–Kier alpha value is -2.69. The van der Waals surface area contributed by atoms with Crippen LogP contribution in [0.25, 0.3) is 0 Å². The number of aromatic nitrogens is 1. The molecule has 27 heavy (non-hydrogen) atoms. The Bertz CT molecular complexity index is 951. The molecule has 2 amide bonds. The number of benzene rings is 2. The van der Waals surface area contributed by atoms with Gasteiger partial charge >= 0.3 is 164 Å². The zero-order chi connectivity index (χ0) is 19.2. The molecule has 0 spiro atoms. The van der Waals surface area contributed by atoms with E-state index in [4.69, 9.17) is 0 Å². The number of nitrogens with zero attached hydrogens (tertiary/aromatic N) is 1. The predicted octanol–water partition coefficient (Wildman–Crippen LogP) is 3.58. The van der Waals surface area contributed by atoms with Crippen molar-refractivity contribution in [2.45, 2.75) is 26.7 Å². The molecule has 2 N–H and O–H groups in total. The molecule has 6 heteroatoms. The molecule has 5 nitrogen and oxygen atoms in total. The third kappa shape index (κ3) is 5.39. The number of hydrogen-bond donors (Lipinski definition) is 2. The number of carbonyl (C=O) groups is 2. The van der Waals surface area contributed by atoms with Crippen molar-refractivity contribution in [2.75, 3.05) is 10.6 Å². The number of nitrogens with one attached hydrogen (secondary N) is 2. The molecular weight excluding hydrogens is 405 g/mol. The van der Waals surface area contributed by atoms with Gasteiger partial charge in [-0.2, -0.15) is 0 Å². The first-order valence-corrected chi connectivity index (χ1v) is 10.4. The van der Waals surface area contributed by atoms with Crippen LogP contribution in [0.2, 0.25) is 0 Å². The standard InChI is InChI=1S/C21H21N3O2Se/c1-14-8-10-17(15(2)12-14)23-20(26)18-13-22-21(27-18)24-19(25)11-9-16-6-4-3-5-7-16/h3-8,10,12-13H,9,11H2,1-2H3,(H,23,26)(H,22,24,25). The Morgan fingerprint density at radius 1 is 1.04 bits per heavy atom. The Morgan fingerprint density at radius 2 is 1.81 bits per heavy atom. The summed E-state index contributed by atoms with van der Waals surface area (Å²) in [6.45, 7) is 3.98. The second-order valence-corrected chi connectivity index (χ2v) is 8.50. The van der Waals surface area contributed by atoms with Crippen LogP contribution in [-0.2, 0) is 11.2 Å². The average molecular weight is 426 g/mol. The van der Waals surface area contributed by atoms with Crippen LogP contribution in [0, 0.1) is 13.8 Å². The number of rotatable bonds is 6. The molecule has 3 rings (SSSR count). The summed E-state index contributed by atoms with van der Waals surface area (Å²) < 4.78 is 1.17. The quantitative estimate of drug-likeness (QED) is 0.592. The zero-order valence-electron chi connectivity index (χ0n) is 15.3. The minimum atomic E-state index is -0.301. The molecule has 2 aromatic carbocycles. The number of hydrogen-bond acceptors (Lipinski definition) is 3.